The summed E-state index contributed by atoms with van der Waals surface area (Å²) in [6, 6.07) is 11.2. The molecule has 4 unspecified atom stereocenters. The summed E-state index contributed by atoms with van der Waals surface area (Å²) >= 11 is 0. The lowest BCUT2D eigenvalue weighted by molar-refractivity contribution is -0.139. The Hall–Kier alpha value is -2.37. The zero-order valence-corrected chi connectivity index (χ0v) is 22.4. The molecule has 1 heterocycles. The van der Waals surface area contributed by atoms with E-state index in [1.54, 1.807) is 0 Å². The van der Waals surface area contributed by atoms with E-state index in [2.05, 4.69) is 63.3 Å². The maximum absolute atomic E-state index is 11.7. The number of aryl methyl sites for hydroxylation is 3. The molecule has 0 spiro atoms. The molecule has 4 atom stereocenters. The minimum Gasteiger partial charge on any atom is -0.488 e. The quantitative estimate of drug-likeness (QED) is 0.396. The van der Waals surface area contributed by atoms with Gasteiger partial charge in [0.1, 0.15) is 17.8 Å². The predicted octanol–water partition coefficient (Wildman–Crippen LogP) is 5.69. The largest absolute Gasteiger partial charge is 0.488 e. The van der Waals surface area contributed by atoms with Crippen LogP contribution in [-0.4, -0.2) is 35.9 Å². The van der Waals surface area contributed by atoms with Crippen molar-refractivity contribution in [2.45, 2.75) is 96.3 Å². The Balaban J connectivity index is 1.17. The highest BCUT2D eigenvalue weighted by molar-refractivity contribution is 5.79. The van der Waals surface area contributed by atoms with Gasteiger partial charge in [-0.2, -0.15) is 0 Å². The van der Waals surface area contributed by atoms with Gasteiger partial charge in [-0.05, 0) is 101 Å². The van der Waals surface area contributed by atoms with E-state index < -0.39 is 17.5 Å². The van der Waals surface area contributed by atoms with E-state index in [9.17, 15) is 9.90 Å². The van der Waals surface area contributed by atoms with Crippen molar-refractivity contribution < 1.29 is 19.4 Å². The van der Waals surface area contributed by atoms with Gasteiger partial charge in [0.25, 0.3) is 0 Å². The second kappa shape index (κ2) is 9.50. The number of hydrogen-bond donors (Lipinski definition) is 2. The highest BCUT2D eigenvalue weighted by atomic mass is 16.5. The predicted molar refractivity (Wildman–Crippen MR) is 142 cm³/mol. The average molecular weight is 492 g/mol. The molecule has 5 rings (SSSR count). The maximum atomic E-state index is 11.7. The molecule has 0 bridgehead atoms. The number of ether oxygens (including phenoxy) is 2. The monoisotopic (exact) mass is 491 g/mol. The molecule has 0 aromatic heterocycles. The first-order valence-corrected chi connectivity index (χ1v) is 13.7. The molecule has 2 aromatic rings. The van der Waals surface area contributed by atoms with Crippen molar-refractivity contribution in [3.63, 3.8) is 0 Å². The molecular formula is C31H41NO4. The molecule has 1 fully saturated rings. The Morgan fingerprint density at radius 2 is 1.94 bits per heavy atom. The van der Waals surface area contributed by atoms with E-state index >= 15 is 0 Å². The Morgan fingerprint density at radius 1 is 1.17 bits per heavy atom. The van der Waals surface area contributed by atoms with E-state index in [-0.39, 0.29) is 17.6 Å². The summed E-state index contributed by atoms with van der Waals surface area (Å²) in [4.78, 5) is 11.7. The normalized spacial score (nSPS) is 23.4. The molecule has 1 aliphatic heterocycles. The van der Waals surface area contributed by atoms with E-state index in [1.807, 2.05) is 6.92 Å². The van der Waals surface area contributed by atoms with Gasteiger partial charge in [0.2, 0.25) is 0 Å². The molecule has 1 saturated carbocycles. The number of nitrogens with one attached hydrogen (secondary N) is 1. The lowest BCUT2D eigenvalue weighted by Crippen LogP contribution is -2.42. The van der Waals surface area contributed by atoms with Gasteiger partial charge in [-0.3, -0.25) is 4.79 Å². The molecule has 36 heavy (non-hydrogen) atoms. The second-order valence-electron chi connectivity index (χ2n) is 11.9. The van der Waals surface area contributed by atoms with Crippen molar-refractivity contribution in [1.82, 2.24) is 5.32 Å². The van der Waals surface area contributed by atoms with E-state index in [4.69, 9.17) is 9.47 Å². The molecule has 194 valence electrons. The number of hydrogen-bond acceptors (Lipinski definition) is 4. The fourth-order valence-corrected chi connectivity index (χ4v) is 6.34. The Kier molecular flexibility index (Phi) is 6.67. The first kappa shape index (κ1) is 25.3. The summed E-state index contributed by atoms with van der Waals surface area (Å²) in [5.74, 6) is -0.381. The van der Waals surface area contributed by atoms with E-state index in [1.165, 1.54) is 36.0 Å². The fourth-order valence-electron chi connectivity index (χ4n) is 6.34. The number of carboxylic acids is 1. The van der Waals surface area contributed by atoms with E-state index in [0.717, 1.165) is 48.2 Å². The molecule has 0 amide bonds. The van der Waals surface area contributed by atoms with Crippen LogP contribution in [-0.2, 0) is 34.4 Å². The lowest BCUT2D eigenvalue weighted by atomic mass is 9.85. The van der Waals surface area contributed by atoms with Gasteiger partial charge < -0.3 is 19.9 Å². The van der Waals surface area contributed by atoms with Crippen LogP contribution in [0.5, 0.6) is 5.75 Å². The van der Waals surface area contributed by atoms with Gasteiger partial charge in [0.05, 0.1) is 5.60 Å². The molecule has 2 aromatic carbocycles. The first-order chi connectivity index (χ1) is 17.1. The molecule has 5 nitrogen and oxygen atoms in total. The van der Waals surface area contributed by atoms with Crippen LogP contribution < -0.4 is 10.1 Å². The zero-order chi connectivity index (χ0) is 25.7. The zero-order valence-electron chi connectivity index (χ0n) is 22.4. The van der Waals surface area contributed by atoms with Gasteiger partial charge in [-0.15, -0.1) is 0 Å². The van der Waals surface area contributed by atoms with Crippen LogP contribution in [0.15, 0.2) is 30.3 Å². The van der Waals surface area contributed by atoms with Crippen molar-refractivity contribution in [1.29, 1.82) is 0 Å². The van der Waals surface area contributed by atoms with Crippen LogP contribution in [0.4, 0.5) is 0 Å². The summed E-state index contributed by atoms with van der Waals surface area (Å²) in [7, 11) is 0. The standard InChI is InChI=1S/C31H41NO4/c1-6-31(5,23-14-11-19(2)27-24(23)25-26(29(33)34)28(25)36-27)35-16-8-15-32-30(3,4)18-20-12-13-21-9-7-10-22(21)17-20/h11-14,17,25-26,28,32H,6-10,15-16,18H2,1-5H3,(H,33,34). The number of aliphatic carboxylic acids is 1. The van der Waals surface area contributed by atoms with Crippen LogP contribution >= 0.6 is 0 Å². The Morgan fingerprint density at radius 3 is 2.69 bits per heavy atom. The second-order valence-corrected chi connectivity index (χ2v) is 11.9. The van der Waals surface area contributed by atoms with Crippen LogP contribution in [0.25, 0.3) is 0 Å². The lowest BCUT2D eigenvalue weighted by Gasteiger charge is -2.32. The van der Waals surface area contributed by atoms with Gasteiger partial charge in [0.15, 0.2) is 0 Å². The molecule has 2 N–H and O–H groups in total. The summed E-state index contributed by atoms with van der Waals surface area (Å²) in [6.45, 7) is 12.4. The fraction of sp³-hybridized carbons (Fsp3) is 0.581. The molecule has 0 radical (unpaired) electrons. The van der Waals surface area contributed by atoms with Crippen molar-refractivity contribution in [3.05, 3.63) is 63.7 Å². The van der Waals surface area contributed by atoms with Crippen LogP contribution in [0.3, 0.4) is 0 Å². The number of rotatable bonds is 11. The van der Waals surface area contributed by atoms with Crippen LogP contribution in [0.2, 0.25) is 0 Å². The summed E-state index contributed by atoms with van der Waals surface area (Å²) in [5, 5.41) is 13.3. The Labute approximate surface area is 215 Å². The number of benzene rings is 2. The molecule has 2 aliphatic carbocycles. The topological polar surface area (TPSA) is 67.8 Å². The SMILES string of the molecule is CCC(C)(OCCCNC(C)(C)Cc1ccc2c(c1)CCC2)c1ccc(C)c2c1C1C(O2)C1C(=O)O. The van der Waals surface area contributed by atoms with E-state index in [0.29, 0.717) is 6.61 Å². The van der Waals surface area contributed by atoms with Gasteiger partial charge in [0, 0.05) is 23.6 Å². The van der Waals surface area contributed by atoms with Crippen LogP contribution in [0, 0.1) is 12.8 Å². The van der Waals surface area contributed by atoms with Gasteiger partial charge in [-0.1, -0.05) is 37.3 Å². The van der Waals surface area contributed by atoms with Gasteiger partial charge >= 0.3 is 5.97 Å². The summed E-state index contributed by atoms with van der Waals surface area (Å²) < 4.78 is 12.6. The Bertz CT molecular complexity index is 1160. The number of fused-ring (bicyclic) bond motifs is 4. The number of carboxylic acid groups (broad SMARTS) is 1. The summed E-state index contributed by atoms with van der Waals surface area (Å²) in [6.07, 6.45) is 6.25. The number of carbonyl (C=O) groups is 1. The third kappa shape index (κ3) is 4.68. The molecule has 0 saturated heterocycles. The van der Waals surface area contributed by atoms with Crippen molar-refractivity contribution >= 4 is 5.97 Å². The molecule has 5 heteroatoms. The molecular weight excluding hydrogens is 450 g/mol. The molecule has 3 aliphatic rings. The maximum Gasteiger partial charge on any atom is 0.311 e. The van der Waals surface area contributed by atoms with Gasteiger partial charge in [-0.25, -0.2) is 0 Å². The van der Waals surface area contributed by atoms with Crippen molar-refractivity contribution in [2.24, 2.45) is 5.92 Å². The minimum atomic E-state index is -0.768. The third-order valence-corrected chi connectivity index (χ3v) is 8.62. The highest BCUT2D eigenvalue weighted by Crippen LogP contribution is 2.61. The summed E-state index contributed by atoms with van der Waals surface area (Å²) in [5.41, 5.74) is 7.24. The first-order valence-electron chi connectivity index (χ1n) is 13.7. The smallest absolute Gasteiger partial charge is 0.311 e. The van der Waals surface area contributed by atoms with Crippen molar-refractivity contribution in [2.75, 3.05) is 13.2 Å². The third-order valence-electron chi connectivity index (χ3n) is 8.62. The van der Waals surface area contributed by atoms with Crippen molar-refractivity contribution in [3.8, 4) is 5.75 Å². The van der Waals surface area contributed by atoms with Crippen LogP contribution in [0.1, 0.15) is 86.3 Å². The highest BCUT2D eigenvalue weighted by Gasteiger charge is 2.64. The minimum absolute atomic E-state index is 0.0167. The average Bonchev–Trinajstić information content (AvgIpc) is 3.14.